The number of hydrogen-bond acceptors (Lipinski definition) is 6. The molecule has 0 spiro atoms. The Morgan fingerprint density at radius 1 is 1.37 bits per heavy atom. The fourth-order valence-corrected chi connectivity index (χ4v) is 5.12. The number of rotatable bonds is 7. The van der Waals surface area contributed by atoms with Gasteiger partial charge in [-0.25, -0.2) is 0 Å². The number of nitrogens with zero attached hydrogens (tertiary/aromatic N) is 5. The molecule has 0 saturated carbocycles. The second kappa shape index (κ2) is 11.4. The molecular weight excluding hydrogens is 477 g/mol. The van der Waals surface area contributed by atoms with Gasteiger partial charge in [0.2, 0.25) is 0 Å². The van der Waals surface area contributed by atoms with E-state index in [4.69, 9.17) is 4.74 Å². The number of aryl methyl sites for hydroxylation is 1. The zero-order chi connectivity index (χ0) is 18.2. The third-order valence-electron chi connectivity index (χ3n) is 5.23. The van der Waals surface area contributed by atoms with Crippen LogP contribution in [-0.2, 0) is 17.7 Å². The number of thioether (sulfide) groups is 1. The first-order chi connectivity index (χ1) is 12.8. The molecule has 154 valence electrons. The van der Waals surface area contributed by atoms with Gasteiger partial charge in [0.25, 0.3) is 0 Å². The highest BCUT2D eigenvalue weighted by Gasteiger charge is 2.40. The minimum atomic E-state index is 0. The van der Waals surface area contributed by atoms with E-state index in [-0.39, 0.29) is 29.5 Å². The van der Waals surface area contributed by atoms with E-state index in [0.29, 0.717) is 0 Å². The van der Waals surface area contributed by atoms with E-state index < -0.39 is 0 Å². The maximum absolute atomic E-state index is 5.54. The number of guanidine groups is 1. The van der Waals surface area contributed by atoms with Crippen LogP contribution in [0.1, 0.15) is 19.2 Å². The predicted molar refractivity (Wildman–Crippen MR) is 121 cm³/mol. The first-order valence-electron chi connectivity index (χ1n) is 9.49. The highest BCUT2D eigenvalue weighted by atomic mass is 127. The van der Waals surface area contributed by atoms with Crippen molar-refractivity contribution in [2.45, 2.75) is 31.8 Å². The summed E-state index contributed by atoms with van der Waals surface area (Å²) in [5.74, 6) is 4.29. The Morgan fingerprint density at radius 2 is 2.19 bits per heavy atom. The quantitative estimate of drug-likeness (QED) is 0.320. The summed E-state index contributed by atoms with van der Waals surface area (Å²) in [6.45, 7) is 8.40. The van der Waals surface area contributed by atoms with Gasteiger partial charge in [0, 0.05) is 57.5 Å². The highest BCUT2D eigenvalue weighted by molar-refractivity contribution is 14.0. The summed E-state index contributed by atoms with van der Waals surface area (Å²) < 4.78 is 7.63. The average Bonchev–Trinajstić information content (AvgIpc) is 3.35. The van der Waals surface area contributed by atoms with Gasteiger partial charge in [0.15, 0.2) is 5.96 Å². The summed E-state index contributed by atoms with van der Waals surface area (Å²) in [6, 6.07) is 0. The molecule has 2 N–H and O–H groups in total. The van der Waals surface area contributed by atoms with Crippen molar-refractivity contribution >= 4 is 41.7 Å². The van der Waals surface area contributed by atoms with Gasteiger partial charge in [-0.05, 0) is 12.2 Å². The Morgan fingerprint density at radius 3 is 2.85 bits per heavy atom. The number of halogens is 1. The molecule has 27 heavy (non-hydrogen) atoms. The summed E-state index contributed by atoms with van der Waals surface area (Å²) in [7, 11) is 1.83. The predicted octanol–water partition coefficient (Wildman–Crippen LogP) is 0.831. The largest absolute Gasteiger partial charge is 0.379 e. The SMILES string of the molecule is CCc1nncn1CCNC(=NC)NCC1(N2CCOCC2)CCSC1.I. The van der Waals surface area contributed by atoms with E-state index >= 15 is 0 Å². The van der Waals surface area contributed by atoms with Crippen LogP contribution in [0.3, 0.4) is 0 Å². The van der Waals surface area contributed by atoms with Crippen molar-refractivity contribution in [3.8, 4) is 0 Å². The van der Waals surface area contributed by atoms with Crippen molar-refractivity contribution in [3.05, 3.63) is 12.2 Å². The Labute approximate surface area is 183 Å². The summed E-state index contributed by atoms with van der Waals surface area (Å²) in [6.07, 6.45) is 3.91. The Kier molecular flexibility index (Phi) is 9.60. The zero-order valence-electron chi connectivity index (χ0n) is 16.3. The van der Waals surface area contributed by atoms with E-state index in [0.717, 1.165) is 64.1 Å². The van der Waals surface area contributed by atoms with E-state index in [1.807, 2.05) is 7.05 Å². The molecule has 0 aliphatic carbocycles. The van der Waals surface area contributed by atoms with Crippen LogP contribution in [0.4, 0.5) is 0 Å². The smallest absolute Gasteiger partial charge is 0.191 e. The third kappa shape index (κ3) is 5.94. The second-order valence-electron chi connectivity index (χ2n) is 6.77. The van der Waals surface area contributed by atoms with E-state index in [1.54, 1.807) is 6.33 Å². The monoisotopic (exact) mass is 509 g/mol. The topological polar surface area (TPSA) is 79.6 Å². The maximum atomic E-state index is 5.54. The highest BCUT2D eigenvalue weighted by Crippen LogP contribution is 2.33. The van der Waals surface area contributed by atoms with Crippen molar-refractivity contribution in [2.24, 2.45) is 4.99 Å². The standard InChI is InChI=1S/C17H31N7OS.HI/c1-3-15-22-21-14-23(15)6-5-19-16(18-2)20-12-17(4-11-26-13-17)24-7-9-25-10-8-24;/h14H,3-13H2,1-2H3,(H2,18,19,20);1H. The Hall–Kier alpha value is -0.590. The number of aromatic nitrogens is 3. The van der Waals surface area contributed by atoms with Crippen molar-refractivity contribution in [3.63, 3.8) is 0 Å². The van der Waals surface area contributed by atoms with Gasteiger partial charge in [0.1, 0.15) is 12.2 Å². The lowest BCUT2D eigenvalue weighted by atomic mass is 9.95. The van der Waals surface area contributed by atoms with Gasteiger partial charge >= 0.3 is 0 Å². The molecule has 1 unspecified atom stereocenters. The normalized spacial score (nSPS) is 23.9. The van der Waals surface area contributed by atoms with Gasteiger partial charge in [-0.3, -0.25) is 9.89 Å². The van der Waals surface area contributed by atoms with Crippen molar-refractivity contribution in [1.82, 2.24) is 30.3 Å². The molecule has 3 heterocycles. The molecule has 1 atom stereocenters. The minimum Gasteiger partial charge on any atom is -0.379 e. The van der Waals surface area contributed by atoms with Crippen molar-refractivity contribution in [1.29, 1.82) is 0 Å². The molecular formula is C17H32IN7OS. The second-order valence-corrected chi connectivity index (χ2v) is 7.88. The van der Waals surface area contributed by atoms with Crippen LogP contribution in [0.5, 0.6) is 0 Å². The molecule has 10 heteroatoms. The van der Waals surface area contributed by atoms with Crippen molar-refractivity contribution in [2.75, 3.05) is 57.9 Å². The first-order valence-corrected chi connectivity index (χ1v) is 10.6. The van der Waals surface area contributed by atoms with Crippen LogP contribution in [0.15, 0.2) is 11.3 Å². The van der Waals surface area contributed by atoms with Crippen molar-refractivity contribution < 1.29 is 4.74 Å². The van der Waals surface area contributed by atoms with Gasteiger partial charge < -0.3 is 19.9 Å². The van der Waals surface area contributed by atoms with Crippen LogP contribution >= 0.6 is 35.7 Å². The fourth-order valence-electron chi connectivity index (χ4n) is 3.64. The first kappa shape index (κ1) is 22.7. The summed E-state index contributed by atoms with van der Waals surface area (Å²) in [5.41, 5.74) is 0.218. The molecule has 0 bridgehead atoms. The number of ether oxygens (including phenoxy) is 1. The number of nitrogens with one attached hydrogen (secondary N) is 2. The number of hydrogen-bond donors (Lipinski definition) is 2. The molecule has 2 aliphatic heterocycles. The maximum Gasteiger partial charge on any atom is 0.191 e. The van der Waals surface area contributed by atoms with E-state index in [9.17, 15) is 0 Å². The van der Waals surface area contributed by atoms with Crippen LogP contribution in [0.25, 0.3) is 0 Å². The number of morpholine rings is 1. The van der Waals surface area contributed by atoms with E-state index in [2.05, 4.69) is 54.0 Å². The minimum absolute atomic E-state index is 0. The molecule has 0 amide bonds. The fraction of sp³-hybridized carbons (Fsp3) is 0.824. The summed E-state index contributed by atoms with van der Waals surface area (Å²) in [5, 5.41) is 15.1. The van der Waals surface area contributed by atoms with Gasteiger partial charge in [-0.1, -0.05) is 6.92 Å². The third-order valence-corrected chi connectivity index (χ3v) is 6.46. The lowest BCUT2D eigenvalue weighted by Gasteiger charge is -2.43. The molecule has 1 aromatic heterocycles. The molecule has 0 radical (unpaired) electrons. The molecule has 2 aliphatic rings. The molecule has 1 aromatic rings. The van der Waals surface area contributed by atoms with Crippen LogP contribution < -0.4 is 10.6 Å². The van der Waals surface area contributed by atoms with Gasteiger partial charge in [-0.15, -0.1) is 34.2 Å². The van der Waals surface area contributed by atoms with Crippen LogP contribution in [-0.4, -0.2) is 89.1 Å². The number of aliphatic imine (C=N–C) groups is 1. The lowest BCUT2D eigenvalue weighted by Crippen LogP contribution is -2.60. The average molecular weight is 509 g/mol. The van der Waals surface area contributed by atoms with Crippen LogP contribution in [0, 0.1) is 0 Å². The van der Waals surface area contributed by atoms with Crippen LogP contribution in [0.2, 0.25) is 0 Å². The summed E-state index contributed by atoms with van der Waals surface area (Å²) >= 11 is 2.05. The van der Waals surface area contributed by atoms with Gasteiger partial charge in [-0.2, -0.15) is 11.8 Å². The lowest BCUT2D eigenvalue weighted by molar-refractivity contribution is -0.0120. The molecule has 0 aromatic carbocycles. The molecule has 3 rings (SSSR count). The Balaban J connectivity index is 0.00000261. The molecule has 2 saturated heterocycles. The molecule has 2 fully saturated rings. The van der Waals surface area contributed by atoms with E-state index in [1.165, 1.54) is 17.9 Å². The summed E-state index contributed by atoms with van der Waals surface area (Å²) in [4.78, 5) is 7.00. The molecule has 8 nitrogen and oxygen atoms in total. The zero-order valence-corrected chi connectivity index (χ0v) is 19.5. The van der Waals surface area contributed by atoms with Gasteiger partial charge in [0.05, 0.1) is 13.2 Å². The Bertz CT molecular complexity index is 586.